The fraction of sp³-hybridized carbons (Fsp3) is 0.391. The highest BCUT2D eigenvalue weighted by Crippen LogP contribution is 2.35. The lowest BCUT2D eigenvalue weighted by molar-refractivity contribution is 0.148. The van der Waals surface area contributed by atoms with E-state index in [1.54, 1.807) is 0 Å². The number of aliphatic hydroxyl groups is 1. The Bertz CT molecular complexity index is 919. The first-order chi connectivity index (χ1) is 13.1. The number of halogens is 1. The molecular formula is C23H27ClN2O. The minimum atomic E-state index is -0.464. The molecule has 1 aliphatic carbocycles. The van der Waals surface area contributed by atoms with Gasteiger partial charge in [0, 0.05) is 23.7 Å². The maximum atomic E-state index is 10.7. The van der Waals surface area contributed by atoms with Gasteiger partial charge in [0.2, 0.25) is 0 Å². The lowest BCUT2D eigenvalue weighted by Crippen LogP contribution is -2.32. The summed E-state index contributed by atoms with van der Waals surface area (Å²) >= 11 is 6.55. The molecule has 2 atom stereocenters. The van der Waals surface area contributed by atoms with Crippen LogP contribution in [0.25, 0.3) is 10.9 Å². The molecule has 27 heavy (non-hydrogen) atoms. The zero-order valence-corrected chi connectivity index (χ0v) is 16.5. The van der Waals surface area contributed by atoms with Crippen LogP contribution in [0.1, 0.15) is 42.6 Å². The van der Waals surface area contributed by atoms with Gasteiger partial charge in [0.15, 0.2) is 0 Å². The summed E-state index contributed by atoms with van der Waals surface area (Å²) in [6, 6.07) is 16.7. The van der Waals surface area contributed by atoms with E-state index >= 15 is 0 Å². The average Bonchev–Trinajstić information content (AvgIpc) is 3.02. The molecule has 0 radical (unpaired) electrons. The molecule has 3 aromatic rings. The van der Waals surface area contributed by atoms with Crippen molar-refractivity contribution in [2.24, 2.45) is 0 Å². The van der Waals surface area contributed by atoms with Crippen molar-refractivity contribution < 1.29 is 5.11 Å². The van der Waals surface area contributed by atoms with Crippen molar-refractivity contribution in [2.45, 2.75) is 51.3 Å². The number of nitrogens with zero attached hydrogens (tertiary/aromatic N) is 1. The largest absolute Gasteiger partial charge is 0.390 e. The molecule has 4 rings (SSSR count). The SMILES string of the molecule is C[C@H](NC[C@@H](O)Cn1c2c(c3cccc(Cl)c31)CCCC2)c1ccccc1. The van der Waals surface area contributed by atoms with Crippen molar-refractivity contribution in [3.8, 4) is 0 Å². The van der Waals surface area contributed by atoms with Crippen molar-refractivity contribution >= 4 is 22.5 Å². The molecule has 1 aromatic heterocycles. The van der Waals surface area contributed by atoms with Gasteiger partial charge in [0.25, 0.3) is 0 Å². The van der Waals surface area contributed by atoms with E-state index in [-0.39, 0.29) is 6.04 Å². The zero-order chi connectivity index (χ0) is 18.8. The van der Waals surface area contributed by atoms with Crippen LogP contribution in [0.15, 0.2) is 48.5 Å². The van der Waals surface area contributed by atoms with Crippen molar-refractivity contribution in [1.82, 2.24) is 9.88 Å². The second-order valence-corrected chi connectivity index (χ2v) is 7.98. The maximum Gasteiger partial charge on any atom is 0.0843 e. The van der Waals surface area contributed by atoms with Crippen LogP contribution in [0.4, 0.5) is 0 Å². The quantitative estimate of drug-likeness (QED) is 0.637. The van der Waals surface area contributed by atoms with Crippen LogP contribution in [0.5, 0.6) is 0 Å². The summed E-state index contributed by atoms with van der Waals surface area (Å²) in [5.41, 5.74) is 5.11. The summed E-state index contributed by atoms with van der Waals surface area (Å²) in [4.78, 5) is 0. The highest BCUT2D eigenvalue weighted by atomic mass is 35.5. The molecule has 0 spiro atoms. The Hall–Kier alpha value is -1.81. The van der Waals surface area contributed by atoms with Gasteiger partial charge < -0.3 is 15.0 Å². The lowest BCUT2D eigenvalue weighted by atomic mass is 9.95. The number of aliphatic hydroxyl groups excluding tert-OH is 1. The molecule has 0 saturated heterocycles. The van der Waals surface area contributed by atoms with E-state index in [0.29, 0.717) is 13.1 Å². The summed E-state index contributed by atoms with van der Waals surface area (Å²) < 4.78 is 2.27. The van der Waals surface area contributed by atoms with Gasteiger partial charge >= 0.3 is 0 Å². The van der Waals surface area contributed by atoms with Crippen LogP contribution in [-0.2, 0) is 19.4 Å². The van der Waals surface area contributed by atoms with Crippen LogP contribution < -0.4 is 5.32 Å². The van der Waals surface area contributed by atoms with Gasteiger partial charge in [-0.1, -0.05) is 54.1 Å². The standard InChI is InChI=1S/C23H27ClN2O/c1-16(17-8-3-2-4-9-17)25-14-18(27)15-26-22-13-6-5-10-19(22)20-11-7-12-21(24)23(20)26/h2-4,7-9,11-12,16,18,25,27H,5-6,10,13-15H2,1H3/t16-,18+/m0/s1. The molecule has 142 valence electrons. The third-order valence-corrected chi connectivity index (χ3v) is 6.00. The number of rotatable bonds is 6. The highest BCUT2D eigenvalue weighted by Gasteiger charge is 2.22. The van der Waals surface area contributed by atoms with Gasteiger partial charge in [-0.3, -0.25) is 0 Å². The molecule has 1 heterocycles. The molecular weight excluding hydrogens is 356 g/mol. The van der Waals surface area contributed by atoms with Crippen molar-refractivity contribution in [2.75, 3.05) is 6.54 Å². The van der Waals surface area contributed by atoms with E-state index < -0.39 is 6.10 Å². The zero-order valence-electron chi connectivity index (χ0n) is 15.8. The molecule has 0 saturated carbocycles. The topological polar surface area (TPSA) is 37.2 Å². The average molecular weight is 383 g/mol. The predicted octanol–water partition coefficient (Wildman–Crippen LogP) is 4.89. The molecule has 0 fully saturated rings. The first-order valence-electron chi connectivity index (χ1n) is 9.90. The number of aromatic nitrogens is 1. The number of hydrogen-bond acceptors (Lipinski definition) is 2. The smallest absolute Gasteiger partial charge is 0.0843 e. The van der Waals surface area contributed by atoms with Crippen LogP contribution in [-0.4, -0.2) is 22.3 Å². The van der Waals surface area contributed by atoms with E-state index in [4.69, 9.17) is 11.6 Å². The number of para-hydroxylation sites is 1. The number of nitrogens with one attached hydrogen (secondary N) is 1. The van der Waals surface area contributed by atoms with Gasteiger partial charge in [-0.05, 0) is 49.8 Å². The van der Waals surface area contributed by atoms with E-state index in [1.807, 2.05) is 30.3 Å². The lowest BCUT2D eigenvalue weighted by Gasteiger charge is -2.21. The van der Waals surface area contributed by atoms with E-state index in [0.717, 1.165) is 23.4 Å². The van der Waals surface area contributed by atoms with Crippen molar-refractivity contribution in [1.29, 1.82) is 0 Å². The second-order valence-electron chi connectivity index (χ2n) is 7.57. The second kappa shape index (κ2) is 8.05. The van der Waals surface area contributed by atoms with Crippen LogP contribution in [0.2, 0.25) is 5.02 Å². The fourth-order valence-electron chi connectivity index (χ4n) is 4.29. The Morgan fingerprint density at radius 1 is 1.07 bits per heavy atom. The van der Waals surface area contributed by atoms with Crippen molar-refractivity contribution in [3.63, 3.8) is 0 Å². The Balaban J connectivity index is 1.53. The Labute approximate surface area is 166 Å². The summed E-state index contributed by atoms with van der Waals surface area (Å²) in [5, 5.41) is 16.2. The molecule has 0 bridgehead atoms. The number of benzene rings is 2. The Morgan fingerprint density at radius 2 is 1.85 bits per heavy atom. The van der Waals surface area contributed by atoms with Crippen molar-refractivity contribution in [3.05, 3.63) is 70.4 Å². The Morgan fingerprint density at radius 3 is 2.67 bits per heavy atom. The third-order valence-electron chi connectivity index (χ3n) is 5.70. The maximum absolute atomic E-state index is 10.7. The fourth-order valence-corrected chi connectivity index (χ4v) is 4.57. The summed E-state index contributed by atoms with van der Waals surface area (Å²) in [7, 11) is 0. The normalized spacial score (nSPS) is 16.3. The molecule has 2 N–H and O–H groups in total. The number of fused-ring (bicyclic) bond motifs is 3. The monoisotopic (exact) mass is 382 g/mol. The molecule has 4 heteroatoms. The Kier molecular flexibility index (Phi) is 5.53. The molecule has 0 amide bonds. The number of hydrogen-bond donors (Lipinski definition) is 2. The van der Waals surface area contributed by atoms with Crippen LogP contribution in [0, 0.1) is 0 Å². The van der Waals surface area contributed by atoms with Gasteiger partial charge in [-0.2, -0.15) is 0 Å². The van der Waals surface area contributed by atoms with E-state index in [9.17, 15) is 5.11 Å². The molecule has 2 aromatic carbocycles. The first kappa shape index (κ1) is 18.5. The minimum absolute atomic E-state index is 0.208. The van der Waals surface area contributed by atoms with Crippen LogP contribution >= 0.6 is 11.6 Å². The molecule has 0 aliphatic heterocycles. The molecule has 0 unspecified atom stereocenters. The first-order valence-corrected chi connectivity index (χ1v) is 10.3. The predicted molar refractivity (Wildman–Crippen MR) is 112 cm³/mol. The summed E-state index contributed by atoms with van der Waals surface area (Å²) in [6.45, 7) is 3.25. The van der Waals surface area contributed by atoms with Crippen LogP contribution in [0.3, 0.4) is 0 Å². The van der Waals surface area contributed by atoms with Gasteiger partial charge in [0.05, 0.1) is 23.2 Å². The van der Waals surface area contributed by atoms with E-state index in [2.05, 4.69) is 35.0 Å². The number of aryl methyl sites for hydroxylation is 1. The van der Waals surface area contributed by atoms with E-state index in [1.165, 1.54) is 35.0 Å². The third kappa shape index (κ3) is 3.77. The minimum Gasteiger partial charge on any atom is -0.390 e. The van der Waals surface area contributed by atoms with Gasteiger partial charge in [-0.25, -0.2) is 0 Å². The van der Waals surface area contributed by atoms with Gasteiger partial charge in [0.1, 0.15) is 0 Å². The highest BCUT2D eigenvalue weighted by molar-refractivity contribution is 6.35. The molecule has 1 aliphatic rings. The molecule has 3 nitrogen and oxygen atoms in total. The summed E-state index contributed by atoms with van der Waals surface area (Å²) in [5.74, 6) is 0. The van der Waals surface area contributed by atoms with Gasteiger partial charge in [-0.15, -0.1) is 0 Å². The summed E-state index contributed by atoms with van der Waals surface area (Å²) in [6.07, 6.45) is 4.16.